The number of sulfonamides is 1. The monoisotopic (exact) mass is 487 g/mol. The minimum absolute atomic E-state index is 0.102. The van der Waals surface area contributed by atoms with E-state index in [-0.39, 0.29) is 10.8 Å². The van der Waals surface area contributed by atoms with Crippen LogP contribution in [0.3, 0.4) is 0 Å². The van der Waals surface area contributed by atoms with Crippen LogP contribution in [-0.4, -0.2) is 48.0 Å². The van der Waals surface area contributed by atoms with Crippen molar-refractivity contribution in [3.8, 4) is 17.2 Å². The Morgan fingerprint density at radius 2 is 1.65 bits per heavy atom. The SMILES string of the molecule is COc1cc(/C=C/C(=O)Nc2ccc(S(=O)(=O)NC3=NCCCCC3)cc2)cc(OC)c1OC. The number of hydrogen-bond acceptors (Lipinski definition) is 7. The van der Waals surface area contributed by atoms with E-state index in [1.807, 2.05) is 0 Å². The lowest BCUT2D eigenvalue weighted by Crippen LogP contribution is -2.30. The maximum Gasteiger partial charge on any atom is 0.262 e. The van der Waals surface area contributed by atoms with Gasteiger partial charge >= 0.3 is 0 Å². The van der Waals surface area contributed by atoms with Crippen molar-refractivity contribution in [2.45, 2.75) is 30.6 Å². The number of amides is 1. The molecule has 0 radical (unpaired) electrons. The highest BCUT2D eigenvalue weighted by molar-refractivity contribution is 7.90. The molecule has 10 heteroatoms. The largest absolute Gasteiger partial charge is 0.493 e. The zero-order valence-electron chi connectivity index (χ0n) is 19.5. The Morgan fingerprint density at radius 3 is 2.26 bits per heavy atom. The van der Waals surface area contributed by atoms with Crippen LogP contribution in [0.4, 0.5) is 5.69 Å². The van der Waals surface area contributed by atoms with Crippen LogP contribution < -0.4 is 24.2 Å². The fraction of sp³-hybridized carbons (Fsp3) is 0.333. The number of anilines is 1. The van der Waals surface area contributed by atoms with Crippen LogP contribution in [0.15, 0.2) is 52.4 Å². The zero-order chi connectivity index (χ0) is 24.6. The summed E-state index contributed by atoms with van der Waals surface area (Å²) in [6.45, 7) is 0.631. The maximum atomic E-state index is 12.6. The zero-order valence-corrected chi connectivity index (χ0v) is 20.3. The molecule has 9 nitrogen and oxygen atoms in total. The molecule has 3 rings (SSSR count). The summed E-state index contributed by atoms with van der Waals surface area (Å²) in [6, 6.07) is 9.40. The Hall–Kier alpha value is -3.53. The summed E-state index contributed by atoms with van der Waals surface area (Å²) in [5.74, 6) is 1.52. The number of methoxy groups -OCH3 is 3. The van der Waals surface area contributed by atoms with Crippen molar-refractivity contribution in [3.63, 3.8) is 0 Å². The Balaban J connectivity index is 1.66. The minimum atomic E-state index is -3.73. The van der Waals surface area contributed by atoms with E-state index in [9.17, 15) is 13.2 Å². The maximum absolute atomic E-state index is 12.6. The third kappa shape index (κ3) is 6.50. The summed E-state index contributed by atoms with van der Waals surface area (Å²) in [5.41, 5.74) is 1.14. The molecule has 2 aromatic carbocycles. The second kappa shape index (κ2) is 11.6. The molecular formula is C24H29N3O6S. The highest BCUT2D eigenvalue weighted by Gasteiger charge is 2.17. The van der Waals surface area contributed by atoms with Crippen molar-refractivity contribution in [1.29, 1.82) is 0 Å². The van der Waals surface area contributed by atoms with Gasteiger partial charge in [-0.2, -0.15) is 0 Å². The predicted octanol–water partition coefficient (Wildman–Crippen LogP) is 3.62. The van der Waals surface area contributed by atoms with Crippen LogP contribution in [0.1, 0.15) is 31.2 Å². The van der Waals surface area contributed by atoms with E-state index < -0.39 is 10.0 Å². The van der Waals surface area contributed by atoms with Gasteiger partial charge in [0.15, 0.2) is 11.5 Å². The summed E-state index contributed by atoms with van der Waals surface area (Å²) >= 11 is 0. The van der Waals surface area contributed by atoms with E-state index in [2.05, 4.69) is 15.0 Å². The van der Waals surface area contributed by atoms with Gasteiger partial charge in [0.2, 0.25) is 11.7 Å². The number of benzene rings is 2. The van der Waals surface area contributed by atoms with Gasteiger partial charge in [-0.1, -0.05) is 6.42 Å². The van der Waals surface area contributed by atoms with Crippen molar-refractivity contribution in [2.24, 2.45) is 4.99 Å². The molecule has 2 aromatic rings. The molecule has 0 spiro atoms. The number of nitrogens with one attached hydrogen (secondary N) is 2. The average molecular weight is 488 g/mol. The van der Waals surface area contributed by atoms with E-state index in [4.69, 9.17) is 14.2 Å². The smallest absolute Gasteiger partial charge is 0.262 e. The number of amidine groups is 1. The van der Waals surface area contributed by atoms with Crippen molar-refractivity contribution in [3.05, 3.63) is 48.0 Å². The summed E-state index contributed by atoms with van der Waals surface area (Å²) < 4.78 is 43.8. The van der Waals surface area contributed by atoms with E-state index in [1.165, 1.54) is 51.7 Å². The molecular weight excluding hydrogens is 458 g/mol. The molecule has 1 amide bonds. The highest BCUT2D eigenvalue weighted by Crippen LogP contribution is 2.38. The van der Waals surface area contributed by atoms with Crippen molar-refractivity contribution >= 4 is 33.5 Å². The number of carbonyl (C=O) groups excluding carboxylic acids is 1. The lowest BCUT2D eigenvalue weighted by atomic mass is 10.1. The second-order valence-corrected chi connectivity index (χ2v) is 9.23. The fourth-order valence-corrected chi connectivity index (χ4v) is 4.53. The summed E-state index contributed by atoms with van der Waals surface area (Å²) in [4.78, 5) is 16.8. The Bertz CT molecular complexity index is 1150. The molecule has 0 fully saturated rings. The van der Waals surface area contributed by atoms with Crippen LogP contribution in [0.25, 0.3) is 6.08 Å². The lowest BCUT2D eigenvalue weighted by molar-refractivity contribution is -0.111. The van der Waals surface area contributed by atoms with Gasteiger partial charge < -0.3 is 19.5 Å². The van der Waals surface area contributed by atoms with Gasteiger partial charge in [0.25, 0.3) is 10.0 Å². The molecule has 1 aliphatic rings. The molecule has 0 atom stereocenters. The third-order valence-corrected chi connectivity index (χ3v) is 6.57. The molecule has 0 unspecified atom stereocenters. The first kappa shape index (κ1) is 25.1. The van der Waals surface area contributed by atoms with Crippen LogP contribution in [0.2, 0.25) is 0 Å². The number of carbonyl (C=O) groups is 1. The first-order chi connectivity index (χ1) is 16.4. The quantitative estimate of drug-likeness (QED) is 0.550. The van der Waals surface area contributed by atoms with Gasteiger partial charge in [-0.3, -0.25) is 14.5 Å². The van der Waals surface area contributed by atoms with E-state index in [1.54, 1.807) is 18.2 Å². The van der Waals surface area contributed by atoms with E-state index in [0.717, 1.165) is 19.3 Å². The standard InChI is InChI=1S/C24H29N3O6S/c1-31-20-15-17(16-21(32-2)24(20)33-3)8-13-23(28)26-18-9-11-19(12-10-18)34(29,30)27-22-7-5-4-6-14-25-22/h8-13,15-16H,4-7,14H2,1-3H3,(H,25,27)(H,26,28)/b13-8+. The predicted molar refractivity (Wildman–Crippen MR) is 131 cm³/mol. The molecule has 0 aliphatic carbocycles. The molecule has 1 aliphatic heterocycles. The van der Waals surface area contributed by atoms with Crippen LogP contribution in [0.5, 0.6) is 17.2 Å². The van der Waals surface area contributed by atoms with Gasteiger partial charge in [-0.15, -0.1) is 0 Å². The number of ether oxygens (including phenoxy) is 3. The number of aliphatic imine (C=N–C) groups is 1. The Labute approximate surface area is 199 Å². The summed E-state index contributed by atoms with van der Waals surface area (Å²) in [7, 11) is 0.817. The highest BCUT2D eigenvalue weighted by atomic mass is 32.2. The Morgan fingerprint density at radius 1 is 0.971 bits per heavy atom. The molecule has 34 heavy (non-hydrogen) atoms. The van der Waals surface area contributed by atoms with E-state index in [0.29, 0.717) is 47.3 Å². The molecule has 0 aromatic heterocycles. The molecule has 0 bridgehead atoms. The van der Waals surface area contributed by atoms with Gasteiger partial charge in [0.1, 0.15) is 5.84 Å². The van der Waals surface area contributed by atoms with Gasteiger partial charge in [-0.25, -0.2) is 8.42 Å². The molecule has 0 saturated heterocycles. The number of hydrogen-bond donors (Lipinski definition) is 2. The normalized spacial score (nSPS) is 14.1. The van der Waals surface area contributed by atoms with Crippen molar-refractivity contribution in [1.82, 2.24) is 4.72 Å². The summed E-state index contributed by atoms with van der Waals surface area (Å²) in [6.07, 6.45) is 6.50. The van der Waals surface area contributed by atoms with Crippen LogP contribution >= 0.6 is 0 Å². The number of rotatable bonds is 8. The molecule has 1 heterocycles. The van der Waals surface area contributed by atoms with Gasteiger partial charge in [0, 0.05) is 24.7 Å². The molecule has 0 saturated carbocycles. The third-order valence-electron chi connectivity index (χ3n) is 5.17. The molecule has 2 N–H and O–H groups in total. The molecule has 182 valence electrons. The van der Waals surface area contributed by atoms with E-state index >= 15 is 0 Å². The lowest BCUT2D eigenvalue weighted by Gasteiger charge is -2.12. The number of nitrogens with zero attached hydrogens (tertiary/aromatic N) is 1. The summed E-state index contributed by atoms with van der Waals surface area (Å²) in [5, 5.41) is 2.71. The first-order valence-electron chi connectivity index (χ1n) is 10.8. The minimum Gasteiger partial charge on any atom is -0.493 e. The second-order valence-electron chi connectivity index (χ2n) is 7.55. The van der Waals surface area contributed by atoms with Crippen LogP contribution in [-0.2, 0) is 14.8 Å². The van der Waals surface area contributed by atoms with Crippen molar-refractivity contribution < 1.29 is 27.4 Å². The topological polar surface area (TPSA) is 115 Å². The average Bonchev–Trinajstić information content (AvgIpc) is 3.10. The van der Waals surface area contributed by atoms with Gasteiger partial charge in [-0.05, 0) is 60.9 Å². The fourth-order valence-electron chi connectivity index (χ4n) is 3.44. The first-order valence-corrected chi connectivity index (χ1v) is 12.3. The Kier molecular flexibility index (Phi) is 8.53. The van der Waals surface area contributed by atoms with Crippen LogP contribution in [0, 0.1) is 0 Å². The van der Waals surface area contributed by atoms with Gasteiger partial charge in [0.05, 0.1) is 26.2 Å². The van der Waals surface area contributed by atoms with Crippen molar-refractivity contribution in [2.75, 3.05) is 33.2 Å².